The zero-order chi connectivity index (χ0) is 19.8. The predicted octanol–water partition coefficient (Wildman–Crippen LogP) is 4.33. The van der Waals surface area contributed by atoms with Gasteiger partial charge in [0.1, 0.15) is 12.4 Å². The van der Waals surface area contributed by atoms with Crippen molar-refractivity contribution in [3.05, 3.63) is 58.4 Å². The SMILES string of the molecule is COc1cc(CNCCN2CCOCC2)cc(Cl)c1OCc1ccc(F)cc1.Cl.Cl. The highest BCUT2D eigenvalue weighted by Gasteiger charge is 2.13. The standard InChI is InChI=1S/C21H26ClFN2O3.2ClH/c1-26-20-13-17(14-24-6-7-25-8-10-27-11-9-25)12-19(22)21(20)28-15-16-2-4-18(23)5-3-16;;/h2-5,12-13,24H,6-11,14-15H2,1H3;2*1H. The summed E-state index contributed by atoms with van der Waals surface area (Å²) in [4.78, 5) is 2.39. The zero-order valence-corrected chi connectivity index (χ0v) is 19.3. The molecule has 1 heterocycles. The van der Waals surface area contributed by atoms with Crippen molar-refractivity contribution in [2.24, 2.45) is 0 Å². The van der Waals surface area contributed by atoms with E-state index in [1.54, 1.807) is 19.2 Å². The molecule has 1 saturated heterocycles. The van der Waals surface area contributed by atoms with Gasteiger partial charge in [-0.25, -0.2) is 4.39 Å². The summed E-state index contributed by atoms with van der Waals surface area (Å²) in [5.74, 6) is 0.801. The third kappa shape index (κ3) is 8.10. The van der Waals surface area contributed by atoms with E-state index in [4.69, 9.17) is 25.8 Å². The molecule has 9 heteroatoms. The molecule has 1 aliphatic rings. The fourth-order valence-corrected chi connectivity index (χ4v) is 3.33. The average molecular weight is 482 g/mol. The summed E-state index contributed by atoms with van der Waals surface area (Å²) in [5, 5.41) is 3.93. The molecule has 0 bridgehead atoms. The van der Waals surface area contributed by atoms with Gasteiger partial charge in [-0.2, -0.15) is 0 Å². The molecule has 0 aromatic heterocycles. The Balaban J connectivity index is 0.00000225. The molecular formula is C21H28Cl3FN2O3. The van der Waals surface area contributed by atoms with Crippen LogP contribution in [0.4, 0.5) is 4.39 Å². The van der Waals surface area contributed by atoms with Crippen molar-refractivity contribution < 1.29 is 18.6 Å². The molecule has 0 radical (unpaired) electrons. The van der Waals surface area contributed by atoms with Gasteiger partial charge in [0.15, 0.2) is 11.5 Å². The minimum absolute atomic E-state index is 0. The average Bonchev–Trinajstić information content (AvgIpc) is 2.72. The van der Waals surface area contributed by atoms with Crippen LogP contribution in [0.1, 0.15) is 11.1 Å². The largest absolute Gasteiger partial charge is 0.493 e. The van der Waals surface area contributed by atoms with Gasteiger partial charge in [0, 0.05) is 32.7 Å². The first-order valence-corrected chi connectivity index (χ1v) is 9.78. The molecule has 168 valence electrons. The van der Waals surface area contributed by atoms with E-state index in [1.165, 1.54) is 12.1 Å². The molecule has 30 heavy (non-hydrogen) atoms. The highest BCUT2D eigenvalue weighted by molar-refractivity contribution is 6.32. The van der Waals surface area contributed by atoms with Gasteiger partial charge in [0.05, 0.1) is 25.3 Å². The molecule has 0 amide bonds. The zero-order valence-electron chi connectivity index (χ0n) is 16.9. The number of nitrogens with one attached hydrogen (secondary N) is 1. The van der Waals surface area contributed by atoms with Gasteiger partial charge in [-0.1, -0.05) is 23.7 Å². The van der Waals surface area contributed by atoms with Crippen LogP contribution in [0.5, 0.6) is 11.5 Å². The van der Waals surface area contributed by atoms with Crippen LogP contribution in [0.15, 0.2) is 36.4 Å². The van der Waals surface area contributed by atoms with Crippen molar-refractivity contribution in [2.75, 3.05) is 46.5 Å². The Labute approximate surface area is 194 Å². The highest BCUT2D eigenvalue weighted by Crippen LogP contribution is 2.37. The van der Waals surface area contributed by atoms with Gasteiger partial charge in [-0.3, -0.25) is 4.90 Å². The van der Waals surface area contributed by atoms with Gasteiger partial charge in [-0.05, 0) is 35.4 Å². The topological polar surface area (TPSA) is 43.0 Å². The van der Waals surface area contributed by atoms with Gasteiger partial charge in [0.25, 0.3) is 0 Å². The lowest BCUT2D eigenvalue weighted by molar-refractivity contribution is 0.0384. The molecule has 1 aliphatic heterocycles. The monoisotopic (exact) mass is 480 g/mol. The van der Waals surface area contributed by atoms with E-state index in [0.29, 0.717) is 23.1 Å². The Hall–Kier alpha value is -1.28. The fourth-order valence-electron chi connectivity index (χ4n) is 3.05. The van der Waals surface area contributed by atoms with Crippen LogP contribution < -0.4 is 14.8 Å². The Morgan fingerprint density at radius 3 is 2.47 bits per heavy atom. The van der Waals surface area contributed by atoms with Crippen molar-refractivity contribution >= 4 is 36.4 Å². The molecule has 2 aromatic rings. The maximum atomic E-state index is 13.0. The normalized spacial score (nSPS) is 13.8. The Kier molecular flexibility index (Phi) is 12.4. The van der Waals surface area contributed by atoms with Gasteiger partial charge < -0.3 is 19.5 Å². The highest BCUT2D eigenvalue weighted by atomic mass is 35.5. The molecule has 0 saturated carbocycles. The van der Waals surface area contributed by atoms with Crippen LogP contribution in [0.2, 0.25) is 5.02 Å². The number of halogens is 4. The van der Waals surface area contributed by atoms with Crippen LogP contribution in [-0.2, 0) is 17.9 Å². The van der Waals surface area contributed by atoms with Gasteiger partial charge in [-0.15, -0.1) is 24.8 Å². The lowest BCUT2D eigenvalue weighted by Gasteiger charge is -2.26. The molecule has 5 nitrogen and oxygen atoms in total. The Bertz CT molecular complexity index is 760. The number of morpholine rings is 1. The van der Waals surface area contributed by atoms with Gasteiger partial charge >= 0.3 is 0 Å². The van der Waals surface area contributed by atoms with Crippen molar-refractivity contribution in [1.29, 1.82) is 0 Å². The number of hydrogen-bond donors (Lipinski definition) is 1. The minimum Gasteiger partial charge on any atom is -0.493 e. The molecule has 2 aromatic carbocycles. The van der Waals surface area contributed by atoms with Crippen LogP contribution in [0, 0.1) is 5.82 Å². The molecule has 0 atom stereocenters. The summed E-state index contributed by atoms with van der Waals surface area (Å²) in [6.07, 6.45) is 0. The van der Waals surface area contributed by atoms with Crippen molar-refractivity contribution in [2.45, 2.75) is 13.2 Å². The number of nitrogens with zero attached hydrogens (tertiary/aromatic N) is 1. The summed E-state index contributed by atoms with van der Waals surface area (Å²) in [7, 11) is 1.59. The summed E-state index contributed by atoms with van der Waals surface area (Å²) in [6, 6.07) is 9.98. The van der Waals surface area contributed by atoms with Crippen LogP contribution in [0.3, 0.4) is 0 Å². The second-order valence-electron chi connectivity index (χ2n) is 6.65. The maximum Gasteiger partial charge on any atom is 0.180 e. The summed E-state index contributed by atoms with van der Waals surface area (Å²) in [6.45, 7) is 6.46. The van der Waals surface area contributed by atoms with Crippen LogP contribution in [0.25, 0.3) is 0 Å². The quantitative estimate of drug-likeness (QED) is 0.540. The van der Waals surface area contributed by atoms with E-state index in [2.05, 4.69) is 10.2 Å². The van der Waals surface area contributed by atoms with E-state index in [-0.39, 0.29) is 37.2 Å². The first kappa shape index (κ1) is 26.8. The Morgan fingerprint density at radius 2 is 1.80 bits per heavy atom. The van der Waals surface area contributed by atoms with Gasteiger partial charge in [0.2, 0.25) is 0 Å². The molecule has 1 fully saturated rings. The number of benzene rings is 2. The summed E-state index contributed by atoms with van der Waals surface area (Å²) in [5.41, 5.74) is 1.88. The molecular weight excluding hydrogens is 454 g/mol. The van der Waals surface area contributed by atoms with E-state index >= 15 is 0 Å². The second-order valence-corrected chi connectivity index (χ2v) is 7.06. The predicted molar refractivity (Wildman–Crippen MR) is 122 cm³/mol. The number of rotatable bonds is 9. The lowest BCUT2D eigenvalue weighted by Crippen LogP contribution is -2.40. The maximum absolute atomic E-state index is 13.0. The molecule has 0 aliphatic carbocycles. The second kappa shape index (κ2) is 13.9. The first-order valence-electron chi connectivity index (χ1n) is 9.40. The number of ether oxygens (including phenoxy) is 3. The first-order chi connectivity index (χ1) is 13.7. The molecule has 1 N–H and O–H groups in total. The van der Waals surface area contributed by atoms with Crippen molar-refractivity contribution in [3.8, 4) is 11.5 Å². The van der Waals surface area contributed by atoms with E-state index < -0.39 is 0 Å². The fraction of sp³-hybridized carbons (Fsp3) is 0.429. The van der Waals surface area contributed by atoms with Crippen molar-refractivity contribution in [3.63, 3.8) is 0 Å². The van der Waals surface area contributed by atoms with Crippen molar-refractivity contribution in [1.82, 2.24) is 10.2 Å². The Morgan fingerprint density at radius 1 is 1.10 bits per heavy atom. The third-order valence-corrected chi connectivity index (χ3v) is 4.90. The summed E-state index contributed by atoms with van der Waals surface area (Å²) >= 11 is 6.42. The van der Waals surface area contributed by atoms with E-state index in [0.717, 1.165) is 50.5 Å². The smallest absolute Gasteiger partial charge is 0.180 e. The summed E-state index contributed by atoms with van der Waals surface area (Å²) < 4.78 is 29.7. The molecule has 0 unspecified atom stereocenters. The van der Waals surface area contributed by atoms with E-state index in [1.807, 2.05) is 12.1 Å². The number of hydrogen-bond acceptors (Lipinski definition) is 5. The lowest BCUT2D eigenvalue weighted by atomic mass is 10.2. The number of methoxy groups -OCH3 is 1. The molecule has 3 rings (SSSR count). The molecule has 0 spiro atoms. The third-order valence-electron chi connectivity index (χ3n) is 4.62. The van der Waals surface area contributed by atoms with E-state index in [9.17, 15) is 4.39 Å². The van der Waals surface area contributed by atoms with Crippen LogP contribution >= 0.6 is 36.4 Å². The minimum atomic E-state index is -0.273. The van der Waals surface area contributed by atoms with Crippen LogP contribution in [-0.4, -0.2) is 51.4 Å².